The van der Waals surface area contributed by atoms with Crippen molar-refractivity contribution >= 4 is 5.91 Å². The molecule has 1 unspecified atom stereocenters. The van der Waals surface area contributed by atoms with E-state index in [2.05, 4.69) is 26.1 Å². The minimum Gasteiger partial charge on any atom is -0.396 e. The van der Waals surface area contributed by atoms with Gasteiger partial charge in [-0.15, -0.1) is 0 Å². The van der Waals surface area contributed by atoms with Gasteiger partial charge in [-0.05, 0) is 23.8 Å². The second-order valence-corrected chi connectivity index (χ2v) is 5.98. The van der Waals surface area contributed by atoms with Gasteiger partial charge in [-0.25, -0.2) is 0 Å². The number of hydrogen-bond acceptors (Lipinski definition) is 2. The predicted octanol–water partition coefficient (Wildman–Crippen LogP) is 2.53. The standard InChI is InChI=1S/C16H25NO2/c1-16(2,3)14(11-12-18)17-15(19)10-9-13-7-5-4-6-8-13/h4-8,14,18H,9-12H2,1-3H3,(H,17,19). The highest BCUT2D eigenvalue weighted by Gasteiger charge is 2.25. The SMILES string of the molecule is CC(C)(C)C(CCO)NC(=O)CCc1ccccc1. The first-order valence-corrected chi connectivity index (χ1v) is 6.87. The number of benzene rings is 1. The molecule has 106 valence electrons. The third-order valence-electron chi connectivity index (χ3n) is 3.28. The van der Waals surface area contributed by atoms with E-state index in [-0.39, 0.29) is 24.0 Å². The molecule has 1 aromatic rings. The van der Waals surface area contributed by atoms with E-state index in [1.165, 1.54) is 5.56 Å². The van der Waals surface area contributed by atoms with Crippen LogP contribution in [0.15, 0.2) is 30.3 Å². The van der Waals surface area contributed by atoms with Crippen molar-refractivity contribution in [3.8, 4) is 0 Å². The molecule has 0 spiro atoms. The average Bonchev–Trinajstić information content (AvgIpc) is 2.36. The molecule has 0 aliphatic rings. The van der Waals surface area contributed by atoms with Gasteiger partial charge in [0, 0.05) is 19.1 Å². The number of nitrogens with one attached hydrogen (secondary N) is 1. The van der Waals surface area contributed by atoms with Gasteiger partial charge < -0.3 is 10.4 Å². The van der Waals surface area contributed by atoms with Gasteiger partial charge >= 0.3 is 0 Å². The van der Waals surface area contributed by atoms with Crippen LogP contribution < -0.4 is 5.32 Å². The van der Waals surface area contributed by atoms with Crippen molar-refractivity contribution in [2.45, 2.75) is 46.1 Å². The first kappa shape index (κ1) is 15.7. The topological polar surface area (TPSA) is 49.3 Å². The number of aryl methyl sites for hydroxylation is 1. The molecule has 1 atom stereocenters. The number of aliphatic hydroxyl groups is 1. The zero-order valence-corrected chi connectivity index (χ0v) is 12.1. The van der Waals surface area contributed by atoms with Gasteiger partial charge in [0.25, 0.3) is 0 Å². The van der Waals surface area contributed by atoms with Crippen LogP contribution in [0.2, 0.25) is 0 Å². The lowest BCUT2D eigenvalue weighted by Gasteiger charge is -2.31. The van der Waals surface area contributed by atoms with Crippen molar-refractivity contribution in [2.24, 2.45) is 5.41 Å². The normalized spacial score (nSPS) is 13.1. The Morgan fingerprint density at radius 1 is 1.26 bits per heavy atom. The molecule has 2 N–H and O–H groups in total. The van der Waals surface area contributed by atoms with Crippen molar-refractivity contribution < 1.29 is 9.90 Å². The van der Waals surface area contributed by atoms with E-state index in [9.17, 15) is 4.79 Å². The fourth-order valence-electron chi connectivity index (χ4n) is 2.02. The Balaban J connectivity index is 2.45. The molecular weight excluding hydrogens is 238 g/mol. The lowest BCUT2D eigenvalue weighted by atomic mass is 9.85. The van der Waals surface area contributed by atoms with Gasteiger partial charge in [-0.1, -0.05) is 51.1 Å². The molecule has 0 bridgehead atoms. The Morgan fingerprint density at radius 2 is 1.89 bits per heavy atom. The highest BCUT2D eigenvalue weighted by Crippen LogP contribution is 2.21. The Morgan fingerprint density at radius 3 is 2.42 bits per heavy atom. The molecule has 1 aromatic carbocycles. The molecule has 0 aliphatic carbocycles. The van der Waals surface area contributed by atoms with Crippen LogP contribution in [0.25, 0.3) is 0 Å². The van der Waals surface area contributed by atoms with Crippen molar-refractivity contribution in [1.82, 2.24) is 5.32 Å². The van der Waals surface area contributed by atoms with Crippen LogP contribution in [0.5, 0.6) is 0 Å². The molecule has 0 aliphatic heterocycles. The molecule has 0 radical (unpaired) electrons. The maximum absolute atomic E-state index is 12.0. The third kappa shape index (κ3) is 5.88. The molecule has 0 saturated carbocycles. The van der Waals surface area contributed by atoms with E-state index in [0.717, 1.165) is 6.42 Å². The highest BCUT2D eigenvalue weighted by atomic mass is 16.3. The second kappa shape index (κ2) is 7.29. The maximum Gasteiger partial charge on any atom is 0.220 e. The summed E-state index contributed by atoms with van der Waals surface area (Å²) in [5.74, 6) is 0.0530. The van der Waals surface area contributed by atoms with Crippen molar-refractivity contribution in [1.29, 1.82) is 0 Å². The maximum atomic E-state index is 12.0. The molecule has 0 fully saturated rings. The summed E-state index contributed by atoms with van der Waals surface area (Å²) < 4.78 is 0. The van der Waals surface area contributed by atoms with E-state index >= 15 is 0 Å². The lowest BCUT2D eigenvalue weighted by molar-refractivity contribution is -0.122. The molecule has 1 amide bonds. The van der Waals surface area contributed by atoms with Crippen molar-refractivity contribution in [2.75, 3.05) is 6.61 Å². The summed E-state index contributed by atoms with van der Waals surface area (Å²) in [6, 6.07) is 10.0. The first-order valence-electron chi connectivity index (χ1n) is 6.87. The zero-order valence-electron chi connectivity index (χ0n) is 12.1. The van der Waals surface area contributed by atoms with Crippen LogP contribution in [-0.4, -0.2) is 23.7 Å². The molecule has 1 rings (SSSR count). The third-order valence-corrected chi connectivity index (χ3v) is 3.28. The van der Waals surface area contributed by atoms with Crippen LogP contribution in [0.4, 0.5) is 0 Å². The zero-order chi connectivity index (χ0) is 14.3. The number of aliphatic hydroxyl groups excluding tert-OH is 1. The smallest absolute Gasteiger partial charge is 0.220 e. The Kier molecular flexibility index (Phi) is 6.03. The van der Waals surface area contributed by atoms with E-state index < -0.39 is 0 Å². The summed E-state index contributed by atoms with van der Waals surface area (Å²) in [5.41, 5.74) is 1.14. The van der Waals surface area contributed by atoms with Gasteiger partial charge in [0.05, 0.1) is 0 Å². The summed E-state index contributed by atoms with van der Waals surface area (Å²) in [6.07, 6.45) is 1.84. The van der Waals surface area contributed by atoms with Crippen LogP contribution in [0, 0.1) is 5.41 Å². The Hall–Kier alpha value is -1.35. The van der Waals surface area contributed by atoms with Gasteiger partial charge in [-0.2, -0.15) is 0 Å². The van der Waals surface area contributed by atoms with E-state index in [0.29, 0.717) is 12.8 Å². The van der Waals surface area contributed by atoms with Crippen LogP contribution in [0.1, 0.15) is 39.2 Å². The average molecular weight is 263 g/mol. The predicted molar refractivity (Wildman–Crippen MR) is 77.9 cm³/mol. The van der Waals surface area contributed by atoms with Crippen molar-refractivity contribution in [3.63, 3.8) is 0 Å². The quantitative estimate of drug-likeness (QED) is 0.828. The summed E-state index contributed by atoms with van der Waals surface area (Å²) in [4.78, 5) is 12.0. The number of rotatable bonds is 6. The molecule has 3 nitrogen and oxygen atoms in total. The number of hydrogen-bond donors (Lipinski definition) is 2. The van der Waals surface area contributed by atoms with E-state index in [1.54, 1.807) is 0 Å². The first-order chi connectivity index (χ1) is 8.93. The molecule has 0 aromatic heterocycles. The van der Waals surface area contributed by atoms with E-state index in [1.807, 2.05) is 30.3 Å². The fraction of sp³-hybridized carbons (Fsp3) is 0.562. The van der Waals surface area contributed by atoms with Gasteiger partial charge in [-0.3, -0.25) is 4.79 Å². The molecular formula is C16H25NO2. The van der Waals surface area contributed by atoms with E-state index in [4.69, 9.17) is 5.11 Å². The summed E-state index contributed by atoms with van der Waals surface area (Å²) in [7, 11) is 0. The van der Waals surface area contributed by atoms with Crippen molar-refractivity contribution in [3.05, 3.63) is 35.9 Å². The molecule has 0 saturated heterocycles. The number of amides is 1. The monoisotopic (exact) mass is 263 g/mol. The van der Waals surface area contributed by atoms with Crippen LogP contribution in [0.3, 0.4) is 0 Å². The minimum absolute atomic E-state index is 0.0146. The minimum atomic E-state index is -0.0366. The number of carbonyl (C=O) groups excluding carboxylic acids is 1. The van der Waals surface area contributed by atoms with Crippen LogP contribution in [-0.2, 0) is 11.2 Å². The molecule has 3 heteroatoms. The lowest BCUT2D eigenvalue weighted by Crippen LogP contribution is -2.44. The van der Waals surface area contributed by atoms with Gasteiger partial charge in [0.15, 0.2) is 0 Å². The summed E-state index contributed by atoms with van der Waals surface area (Å²) in [6.45, 7) is 6.32. The Bertz CT molecular complexity index is 381. The number of carbonyl (C=O) groups is 1. The van der Waals surface area contributed by atoms with Gasteiger partial charge in [0.1, 0.15) is 0 Å². The second-order valence-electron chi connectivity index (χ2n) is 5.98. The summed E-state index contributed by atoms with van der Waals surface area (Å²) in [5, 5.41) is 12.1. The Labute approximate surface area is 116 Å². The highest BCUT2D eigenvalue weighted by molar-refractivity contribution is 5.76. The molecule has 0 heterocycles. The summed E-state index contributed by atoms with van der Waals surface area (Å²) >= 11 is 0. The molecule has 19 heavy (non-hydrogen) atoms. The largest absolute Gasteiger partial charge is 0.396 e. The fourth-order valence-corrected chi connectivity index (χ4v) is 2.02. The van der Waals surface area contributed by atoms with Crippen LogP contribution >= 0.6 is 0 Å². The van der Waals surface area contributed by atoms with Gasteiger partial charge in [0.2, 0.25) is 5.91 Å².